The Kier molecular flexibility index (Phi) is 5.94. The molecule has 1 aliphatic carbocycles. The number of H-pyrrole nitrogens is 1. The second-order valence-electron chi connectivity index (χ2n) is 9.28. The third-order valence-corrected chi connectivity index (χ3v) is 7.40. The summed E-state index contributed by atoms with van der Waals surface area (Å²) in [6.45, 7) is 3.74. The summed E-state index contributed by atoms with van der Waals surface area (Å²) in [6.07, 6.45) is 0. The summed E-state index contributed by atoms with van der Waals surface area (Å²) in [5.41, 5.74) is 5.21. The lowest BCUT2D eigenvalue weighted by atomic mass is 9.87. The predicted octanol–water partition coefficient (Wildman–Crippen LogP) is 7.04. The number of carbonyl (C=O) groups is 1. The lowest BCUT2D eigenvalue weighted by Gasteiger charge is -2.18. The van der Waals surface area contributed by atoms with Crippen molar-refractivity contribution in [2.45, 2.75) is 19.8 Å². The first-order valence-corrected chi connectivity index (χ1v) is 12.8. The normalized spacial score (nSPS) is 16.1. The van der Waals surface area contributed by atoms with Crippen molar-refractivity contribution in [3.05, 3.63) is 133 Å². The van der Waals surface area contributed by atoms with Gasteiger partial charge in [0.2, 0.25) is 0 Å². The van der Waals surface area contributed by atoms with E-state index in [0.717, 1.165) is 22.3 Å². The quantitative estimate of drug-likeness (QED) is 0.239. The van der Waals surface area contributed by atoms with E-state index in [-0.39, 0.29) is 11.3 Å². The standard InChI is InChI=1S/C30H22Cl2N4O2/c1-16(33-21-14-12-20(32)13-15-21)23-25(18-8-10-19(31)11-9-18)26-24-17(2)35-36(22-6-4-3-5-7-22)29(24)34-30(38)27(26)28(23)37/h3-15,25,33H,1-2H3,(H,34,38)/b23-16-. The first kappa shape index (κ1) is 24.2. The molecule has 5 aromatic rings. The van der Waals surface area contributed by atoms with Crippen molar-refractivity contribution >= 4 is 45.7 Å². The summed E-state index contributed by atoms with van der Waals surface area (Å²) < 4.78 is 1.72. The van der Waals surface area contributed by atoms with Crippen molar-refractivity contribution in [1.29, 1.82) is 0 Å². The number of pyridine rings is 1. The number of para-hydroxylation sites is 1. The number of benzene rings is 3. The Labute approximate surface area is 228 Å². The Morgan fingerprint density at radius 3 is 2.21 bits per heavy atom. The first-order chi connectivity index (χ1) is 18.3. The number of Topliss-reactive ketones (excluding diaryl/α,β-unsaturated/α-hetero) is 1. The Morgan fingerprint density at radius 1 is 0.921 bits per heavy atom. The molecule has 8 heteroatoms. The zero-order valence-corrected chi connectivity index (χ0v) is 22.1. The van der Waals surface area contributed by atoms with Gasteiger partial charge in [-0.05, 0) is 73.5 Å². The van der Waals surface area contributed by atoms with Gasteiger partial charge in [-0.2, -0.15) is 5.10 Å². The highest BCUT2D eigenvalue weighted by molar-refractivity contribution is 6.31. The summed E-state index contributed by atoms with van der Waals surface area (Å²) in [7, 11) is 0. The van der Waals surface area contributed by atoms with E-state index in [9.17, 15) is 9.59 Å². The fourth-order valence-electron chi connectivity index (χ4n) is 5.26. The van der Waals surface area contributed by atoms with E-state index in [1.54, 1.807) is 28.9 Å². The van der Waals surface area contributed by atoms with Gasteiger partial charge in [0, 0.05) is 38.3 Å². The average molecular weight is 541 g/mol. The largest absolute Gasteiger partial charge is 0.359 e. The molecule has 0 amide bonds. The van der Waals surface area contributed by atoms with E-state index in [1.807, 2.05) is 68.4 Å². The highest BCUT2D eigenvalue weighted by Gasteiger charge is 2.42. The van der Waals surface area contributed by atoms with E-state index in [4.69, 9.17) is 28.3 Å². The van der Waals surface area contributed by atoms with Gasteiger partial charge >= 0.3 is 0 Å². The van der Waals surface area contributed by atoms with Crippen molar-refractivity contribution in [1.82, 2.24) is 14.8 Å². The van der Waals surface area contributed by atoms with Gasteiger partial charge in [-0.1, -0.05) is 53.5 Å². The molecule has 6 nitrogen and oxygen atoms in total. The smallest absolute Gasteiger partial charge is 0.261 e. The number of fused-ring (bicyclic) bond motifs is 3. The van der Waals surface area contributed by atoms with Crippen molar-refractivity contribution in [3.63, 3.8) is 0 Å². The zero-order chi connectivity index (χ0) is 26.6. The zero-order valence-electron chi connectivity index (χ0n) is 20.5. The van der Waals surface area contributed by atoms with Crippen LogP contribution < -0.4 is 10.9 Å². The summed E-state index contributed by atoms with van der Waals surface area (Å²) in [5, 5.41) is 10.1. The molecule has 0 aliphatic heterocycles. The van der Waals surface area contributed by atoms with Gasteiger partial charge in [-0.3, -0.25) is 9.59 Å². The van der Waals surface area contributed by atoms with Crippen molar-refractivity contribution in [2.75, 3.05) is 5.32 Å². The fourth-order valence-corrected chi connectivity index (χ4v) is 5.51. The van der Waals surface area contributed by atoms with Gasteiger partial charge in [-0.25, -0.2) is 4.68 Å². The molecule has 1 unspecified atom stereocenters. The number of rotatable bonds is 4. The van der Waals surface area contributed by atoms with Crippen LogP contribution >= 0.6 is 23.2 Å². The highest BCUT2D eigenvalue weighted by atomic mass is 35.5. The van der Waals surface area contributed by atoms with E-state index >= 15 is 0 Å². The van der Waals surface area contributed by atoms with E-state index in [2.05, 4.69) is 10.3 Å². The van der Waals surface area contributed by atoms with Crippen LogP contribution in [0.5, 0.6) is 0 Å². The van der Waals surface area contributed by atoms with Gasteiger partial charge in [-0.15, -0.1) is 0 Å². The molecule has 38 heavy (non-hydrogen) atoms. The molecule has 0 spiro atoms. The van der Waals surface area contributed by atoms with Crippen LogP contribution in [0.3, 0.4) is 0 Å². The van der Waals surface area contributed by atoms with Gasteiger partial charge in [0.05, 0.1) is 16.9 Å². The van der Waals surface area contributed by atoms with Crippen LogP contribution in [0.25, 0.3) is 16.7 Å². The number of halogens is 2. The topological polar surface area (TPSA) is 79.8 Å². The molecule has 0 saturated heterocycles. The van der Waals surface area contributed by atoms with Crippen LogP contribution in [-0.4, -0.2) is 20.5 Å². The highest BCUT2D eigenvalue weighted by Crippen LogP contribution is 2.46. The monoisotopic (exact) mass is 540 g/mol. The number of hydrogen-bond donors (Lipinski definition) is 2. The summed E-state index contributed by atoms with van der Waals surface area (Å²) in [6, 6.07) is 24.2. The Balaban J connectivity index is 1.63. The first-order valence-electron chi connectivity index (χ1n) is 12.1. The fraction of sp³-hybridized carbons (Fsp3) is 0.100. The molecule has 2 N–H and O–H groups in total. The van der Waals surface area contributed by atoms with Crippen LogP contribution in [0.1, 0.15) is 40.0 Å². The number of anilines is 1. The molecular weight excluding hydrogens is 519 g/mol. The van der Waals surface area contributed by atoms with Crippen molar-refractivity contribution in [3.8, 4) is 5.69 Å². The second kappa shape index (κ2) is 9.31. The second-order valence-corrected chi connectivity index (χ2v) is 10.2. The summed E-state index contributed by atoms with van der Waals surface area (Å²) in [5.74, 6) is -0.805. The Bertz CT molecular complexity index is 1800. The Hall–Kier alpha value is -4.13. The van der Waals surface area contributed by atoms with Crippen LogP contribution in [0.2, 0.25) is 10.0 Å². The van der Waals surface area contributed by atoms with Crippen LogP contribution in [0.15, 0.2) is 94.9 Å². The molecule has 0 fully saturated rings. The minimum Gasteiger partial charge on any atom is -0.359 e. The third kappa shape index (κ3) is 3.93. The maximum atomic E-state index is 14.0. The molecule has 0 bridgehead atoms. The number of hydrogen-bond acceptors (Lipinski definition) is 4. The predicted molar refractivity (Wildman–Crippen MR) is 152 cm³/mol. The third-order valence-electron chi connectivity index (χ3n) is 6.89. The molecule has 0 saturated carbocycles. The minimum atomic E-state index is -0.494. The van der Waals surface area contributed by atoms with Crippen LogP contribution in [0, 0.1) is 6.92 Å². The Morgan fingerprint density at radius 2 is 1.55 bits per heavy atom. The molecular formula is C30H22Cl2N4O2. The lowest BCUT2D eigenvalue weighted by Crippen LogP contribution is -2.18. The maximum Gasteiger partial charge on any atom is 0.261 e. The minimum absolute atomic E-state index is 0.139. The molecule has 2 heterocycles. The number of nitrogens with zero attached hydrogens (tertiary/aromatic N) is 2. The molecule has 1 atom stereocenters. The number of nitrogens with one attached hydrogen (secondary N) is 2. The van der Waals surface area contributed by atoms with E-state index in [0.29, 0.717) is 38.2 Å². The van der Waals surface area contributed by atoms with Crippen LogP contribution in [-0.2, 0) is 0 Å². The van der Waals surface area contributed by atoms with E-state index in [1.165, 1.54) is 0 Å². The SMILES string of the molecule is C/C(Nc1ccc(Cl)cc1)=C1/C(=O)c2c(c3c(C)nn(-c4ccccc4)c3[nH]c2=O)C1c1ccc(Cl)cc1. The van der Waals surface area contributed by atoms with Gasteiger partial charge in [0.25, 0.3) is 5.56 Å². The van der Waals surface area contributed by atoms with Gasteiger partial charge in [0.15, 0.2) is 5.78 Å². The number of aryl methyl sites for hydroxylation is 1. The lowest BCUT2D eigenvalue weighted by molar-refractivity contribution is 0.103. The molecule has 6 rings (SSSR count). The number of carbonyl (C=O) groups excluding carboxylic acids is 1. The number of aromatic nitrogens is 3. The molecule has 2 aromatic heterocycles. The molecule has 1 aliphatic rings. The molecule has 188 valence electrons. The molecule has 0 radical (unpaired) electrons. The van der Waals surface area contributed by atoms with Gasteiger partial charge in [0.1, 0.15) is 5.65 Å². The van der Waals surface area contributed by atoms with E-state index < -0.39 is 11.5 Å². The van der Waals surface area contributed by atoms with Crippen molar-refractivity contribution in [2.24, 2.45) is 0 Å². The maximum absolute atomic E-state index is 14.0. The molecule has 3 aromatic carbocycles. The summed E-state index contributed by atoms with van der Waals surface area (Å²) in [4.78, 5) is 30.5. The average Bonchev–Trinajstić information content (AvgIpc) is 3.40. The van der Waals surface area contributed by atoms with Gasteiger partial charge < -0.3 is 10.3 Å². The summed E-state index contributed by atoms with van der Waals surface area (Å²) >= 11 is 12.3. The van der Waals surface area contributed by atoms with Crippen LogP contribution in [0.4, 0.5) is 5.69 Å². The number of aromatic amines is 1. The number of ketones is 1. The van der Waals surface area contributed by atoms with Crippen molar-refractivity contribution < 1.29 is 4.79 Å². The number of allylic oxidation sites excluding steroid dienone is 2.